The molecule has 0 fully saturated rings. The van der Waals surface area contributed by atoms with Gasteiger partial charge in [-0.2, -0.15) is 0 Å². The maximum Gasteiger partial charge on any atom is 0.254 e. The second kappa shape index (κ2) is 7.42. The van der Waals surface area contributed by atoms with E-state index in [1.807, 2.05) is 42.6 Å². The van der Waals surface area contributed by atoms with E-state index in [-0.39, 0.29) is 5.91 Å². The minimum atomic E-state index is -0.593. The molecule has 3 rings (SSSR count). The fraction of sp³-hybridized carbons (Fsp3) is 0.222. The van der Waals surface area contributed by atoms with Gasteiger partial charge < -0.3 is 14.8 Å². The van der Waals surface area contributed by atoms with Crippen LogP contribution in [0.15, 0.2) is 52.5 Å². The number of amides is 1. The standard InChI is InChI=1S/C18H18N2O3S/c1-12-20-15(11-24-12)17-9-14(10-23-17)18(22)19-8-7-16(21)13-5-3-2-4-6-13/h2-6,9-11,16,21H,7-8H2,1H3,(H,19,22). The van der Waals surface area contributed by atoms with Crippen molar-refractivity contribution in [2.24, 2.45) is 0 Å². The zero-order valence-corrected chi connectivity index (χ0v) is 14.0. The van der Waals surface area contributed by atoms with Crippen molar-refractivity contribution in [3.63, 3.8) is 0 Å². The van der Waals surface area contributed by atoms with Crippen molar-refractivity contribution in [2.45, 2.75) is 19.4 Å². The van der Waals surface area contributed by atoms with E-state index in [0.717, 1.165) is 16.3 Å². The number of aliphatic hydroxyl groups excluding tert-OH is 1. The lowest BCUT2D eigenvalue weighted by atomic mass is 10.1. The first-order valence-electron chi connectivity index (χ1n) is 7.66. The number of aromatic nitrogens is 1. The van der Waals surface area contributed by atoms with Crippen LogP contribution >= 0.6 is 11.3 Å². The van der Waals surface area contributed by atoms with E-state index in [2.05, 4.69) is 10.3 Å². The van der Waals surface area contributed by atoms with E-state index in [1.54, 1.807) is 6.07 Å². The molecular formula is C18H18N2O3S. The van der Waals surface area contributed by atoms with E-state index >= 15 is 0 Å². The van der Waals surface area contributed by atoms with Crippen molar-refractivity contribution in [1.82, 2.24) is 10.3 Å². The van der Waals surface area contributed by atoms with Gasteiger partial charge in [0.25, 0.3) is 5.91 Å². The van der Waals surface area contributed by atoms with Gasteiger partial charge in [0.2, 0.25) is 0 Å². The number of aliphatic hydroxyl groups is 1. The van der Waals surface area contributed by atoms with Crippen LogP contribution in [0.25, 0.3) is 11.5 Å². The molecule has 24 heavy (non-hydrogen) atoms. The molecule has 0 aliphatic heterocycles. The summed E-state index contributed by atoms with van der Waals surface area (Å²) in [5.41, 5.74) is 2.03. The van der Waals surface area contributed by atoms with Crippen molar-refractivity contribution in [2.75, 3.05) is 6.54 Å². The fourth-order valence-electron chi connectivity index (χ4n) is 2.33. The van der Waals surface area contributed by atoms with Crippen molar-refractivity contribution in [1.29, 1.82) is 0 Å². The molecule has 1 amide bonds. The minimum Gasteiger partial charge on any atom is -0.462 e. The third-order valence-corrected chi connectivity index (χ3v) is 4.39. The second-order valence-corrected chi connectivity index (χ2v) is 6.48. The topological polar surface area (TPSA) is 75.4 Å². The Balaban J connectivity index is 1.53. The average Bonchev–Trinajstić information content (AvgIpc) is 3.24. The van der Waals surface area contributed by atoms with Crippen LogP contribution < -0.4 is 5.32 Å². The van der Waals surface area contributed by atoms with Crippen molar-refractivity contribution in [3.8, 4) is 11.5 Å². The lowest BCUT2D eigenvalue weighted by Gasteiger charge is -2.11. The molecule has 0 bridgehead atoms. The fourth-order valence-corrected chi connectivity index (χ4v) is 2.93. The van der Waals surface area contributed by atoms with Crippen molar-refractivity contribution >= 4 is 17.2 Å². The maximum atomic E-state index is 12.1. The number of nitrogens with one attached hydrogen (secondary N) is 1. The molecule has 2 heterocycles. The summed E-state index contributed by atoms with van der Waals surface area (Å²) in [6, 6.07) is 11.1. The number of carbonyl (C=O) groups is 1. The molecular weight excluding hydrogens is 324 g/mol. The Hall–Kier alpha value is -2.44. The van der Waals surface area contributed by atoms with Crippen LogP contribution in [0.1, 0.15) is 33.5 Å². The van der Waals surface area contributed by atoms with E-state index in [1.165, 1.54) is 17.6 Å². The number of rotatable bonds is 6. The van der Waals surface area contributed by atoms with Gasteiger partial charge in [0.15, 0.2) is 5.76 Å². The zero-order valence-electron chi connectivity index (χ0n) is 13.2. The van der Waals surface area contributed by atoms with Gasteiger partial charge in [-0.05, 0) is 25.0 Å². The number of furan rings is 1. The predicted molar refractivity (Wildman–Crippen MR) is 92.9 cm³/mol. The van der Waals surface area contributed by atoms with Crippen molar-refractivity contribution < 1.29 is 14.3 Å². The monoisotopic (exact) mass is 342 g/mol. The SMILES string of the molecule is Cc1nc(-c2cc(C(=O)NCCC(O)c3ccccc3)co2)cs1. The van der Waals surface area contributed by atoms with Crippen LogP contribution in [0.3, 0.4) is 0 Å². The second-order valence-electron chi connectivity index (χ2n) is 5.42. The molecule has 0 aliphatic rings. The summed E-state index contributed by atoms with van der Waals surface area (Å²) in [5.74, 6) is 0.353. The molecule has 1 aromatic carbocycles. The predicted octanol–water partition coefficient (Wildman–Crippen LogP) is 3.57. The quantitative estimate of drug-likeness (QED) is 0.718. The zero-order chi connectivity index (χ0) is 16.9. The molecule has 2 aromatic heterocycles. The Morgan fingerprint density at radius 1 is 1.38 bits per heavy atom. The van der Waals surface area contributed by atoms with Crippen molar-refractivity contribution in [3.05, 3.63) is 64.2 Å². The summed E-state index contributed by atoms with van der Waals surface area (Å²) in [4.78, 5) is 16.5. The molecule has 2 N–H and O–H groups in total. The van der Waals surface area contributed by atoms with Crippen LogP contribution in [-0.2, 0) is 0 Å². The average molecular weight is 342 g/mol. The van der Waals surface area contributed by atoms with E-state index in [0.29, 0.717) is 24.3 Å². The van der Waals surface area contributed by atoms with Gasteiger partial charge in [0.1, 0.15) is 12.0 Å². The largest absolute Gasteiger partial charge is 0.462 e. The molecule has 0 spiro atoms. The Morgan fingerprint density at radius 3 is 2.88 bits per heavy atom. The number of hydrogen-bond donors (Lipinski definition) is 2. The minimum absolute atomic E-state index is 0.225. The first-order valence-corrected chi connectivity index (χ1v) is 8.53. The molecule has 6 heteroatoms. The lowest BCUT2D eigenvalue weighted by molar-refractivity contribution is 0.0942. The summed E-state index contributed by atoms with van der Waals surface area (Å²) in [6.45, 7) is 2.30. The first-order chi connectivity index (χ1) is 11.6. The third kappa shape index (κ3) is 3.90. The summed E-state index contributed by atoms with van der Waals surface area (Å²) < 4.78 is 5.42. The highest BCUT2D eigenvalue weighted by Crippen LogP contribution is 2.23. The molecule has 3 aromatic rings. The normalized spacial score (nSPS) is 12.1. The molecule has 1 unspecified atom stereocenters. The van der Waals surface area contributed by atoms with Gasteiger partial charge in [-0.15, -0.1) is 11.3 Å². The molecule has 0 aliphatic carbocycles. The van der Waals surface area contributed by atoms with Gasteiger partial charge in [0, 0.05) is 11.9 Å². The van der Waals surface area contributed by atoms with Gasteiger partial charge in [-0.1, -0.05) is 30.3 Å². The van der Waals surface area contributed by atoms with Crippen LogP contribution in [0.5, 0.6) is 0 Å². The molecule has 124 valence electrons. The highest BCUT2D eigenvalue weighted by atomic mass is 32.1. The van der Waals surface area contributed by atoms with E-state index in [4.69, 9.17) is 4.42 Å². The number of aryl methyl sites for hydroxylation is 1. The van der Waals surface area contributed by atoms with E-state index < -0.39 is 6.10 Å². The van der Waals surface area contributed by atoms with Crippen LogP contribution in [0, 0.1) is 6.92 Å². The number of thiazole rings is 1. The maximum absolute atomic E-state index is 12.1. The van der Waals surface area contributed by atoms with Crippen LogP contribution in [-0.4, -0.2) is 22.5 Å². The molecule has 0 saturated heterocycles. The highest BCUT2D eigenvalue weighted by Gasteiger charge is 2.14. The van der Waals surface area contributed by atoms with Gasteiger partial charge in [0.05, 0.1) is 16.7 Å². The summed E-state index contributed by atoms with van der Waals surface area (Å²) in [5, 5.41) is 15.7. The lowest BCUT2D eigenvalue weighted by Crippen LogP contribution is -2.25. The van der Waals surface area contributed by atoms with E-state index in [9.17, 15) is 9.90 Å². The first kappa shape index (κ1) is 16.4. The smallest absolute Gasteiger partial charge is 0.254 e. The molecule has 5 nitrogen and oxygen atoms in total. The summed E-state index contributed by atoms with van der Waals surface area (Å²) >= 11 is 1.53. The molecule has 0 saturated carbocycles. The summed E-state index contributed by atoms with van der Waals surface area (Å²) in [6.07, 6.45) is 1.28. The number of nitrogens with zero attached hydrogens (tertiary/aromatic N) is 1. The number of carbonyl (C=O) groups excluding carboxylic acids is 1. The molecule has 0 radical (unpaired) electrons. The third-order valence-electron chi connectivity index (χ3n) is 3.62. The summed E-state index contributed by atoms with van der Waals surface area (Å²) in [7, 11) is 0. The van der Waals surface area contributed by atoms with Crippen LogP contribution in [0.4, 0.5) is 0 Å². The number of hydrogen-bond acceptors (Lipinski definition) is 5. The Labute approximate surface area is 144 Å². The Bertz CT molecular complexity index is 811. The van der Waals surface area contributed by atoms with Crippen LogP contribution in [0.2, 0.25) is 0 Å². The Morgan fingerprint density at radius 2 is 2.17 bits per heavy atom. The Kier molecular flexibility index (Phi) is 5.08. The molecule has 1 atom stereocenters. The van der Waals surface area contributed by atoms with Gasteiger partial charge >= 0.3 is 0 Å². The van der Waals surface area contributed by atoms with Gasteiger partial charge in [-0.25, -0.2) is 4.98 Å². The van der Waals surface area contributed by atoms with Gasteiger partial charge in [-0.3, -0.25) is 4.79 Å². The number of benzene rings is 1. The highest BCUT2D eigenvalue weighted by molar-refractivity contribution is 7.09.